The Bertz CT molecular complexity index is 1300. The Labute approximate surface area is 212 Å². The first-order valence-corrected chi connectivity index (χ1v) is 15.2. The highest BCUT2D eigenvalue weighted by Crippen LogP contribution is 2.35. The van der Waals surface area contributed by atoms with Crippen molar-refractivity contribution in [2.75, 3.05) is 42.2 Å². The zero-order valence-electron chi connectivity index (χ0n) is 20.3. The Morgan fingerprint density at radius 1 is 0.917 bits per heavy atom. The van der Waals surface area contributed by atoms with Gasteiger partial charge in [-0.25, -0.2) is 16.8 Å². The van der Waals surface area contributed by atoms with Gasteiger partial charge in [0.25, 0.3) is 0 Å². The predicted octanol–water partition coefficient (Wildman–Crippen LogP) is 2.82. The van der Waals surface area contributed by atoms with Gasteiger partial charge in [-0.2, -0.15) is 4.31 Å². The van der Waals surface area contributed by atoms with Crippen LogP contribution in [0.25, 0.3) is 0 Å². The van der Waals surface area contributed by atoms with Crippen LogP contribution in [-0.2, 0) is 24.8 Å². The molecule has 196 valence electrons. The summed E-state index contributed by atoms with van der Waals surface area (Å²) in [6, 6.07) is 9.52. The average Bonchev–Trinajstić information content (AvgIpc) is 3.14. The molecule has 0 aromatic heterocycles. The van der Waals surface area contributed by atoms with E-state index in [1.54, 1.807) is 12.1 Å². The van der Waals surface area contributed by atoms with Crippen molar-refractivity contribution in [1.29, 1.82) is 0 Å². The fourth-order valence-electron chi connectivity index (χ4n) is 4.37. The number of fused-ring (bicyclic) bond motifs is 1. The highest BCUT2D eigenvalue weighted by atomic mass is 32.2. The minimum absolute atomic E-state index is 0.157. The summed E-state index contributed by atoms with van der Waals surface area (Å²) in [6.07, 6.45) is 4.74. The molecule has 0 aliphatic carbocycles. The number of rotatable bonds is 7. The summed E-state index contributed by atoms with van der Waals surface area (Å²) in [5, 5.41) is 2.69. The van der Waals surface area contributed by atoms with Gasteiger partial charge >= 0.3 is 0 Å². The first-order valence-electron chi connectivity index (χ1n) is 11.9. The lowest BCUT2D eigenvalue weighted by Gasteiger charge is -2.29. The molecule has 0 saturated carbocycles. The Balaban J connectivity index is 1.50. The Hall–Kier alpha value is -2.83. The van der Waals surface area contributed by atoms with Crippen molar-refractivity contribution in [3.8, 4) is 11.5 Å². The van der Waals surface area contributed by atoms with Crippen LogP contribution in [0.15, 0.2) is 47.4 Å². The number of carbonyl (C=O) groups excluding carboxylic acids is 1. The van der Waals surface area contributed by atoms with Gasteiger partial charge in [-0.1, -0.05) is 12.8 Å². The van der Waals surface area contributed by atoms with E-state index in [1.165, 1.54) is 41.6 Å². The van der Waals surface area contributed by atoms with E-state index in [1.807, 2.05) is 0 Å². The number of amides is 1. The number of nitrogens with one attached hydrogen (secondary N) is 1. The van der Waals surface area contributed by atoms with Crippen LogP contribution in [0.3, 0.4) is 0 Å². The Morgan fingerprint density at radius 2 is 1.53 bits per heavy atom. The van der Waals surface area contributed by atoms with Gasteiger partial charge in [0.15, 0.2) is 11.5 Å². The van der Waals surface area contributed by atoms with Crippen LogP contribution in [-0.4, -0.2) is 65.6 Å². The van der Waals surface area contributed by atoms with E-state index in [-0.39, 0.29) is 10.6 Å². The lowest BCUT2D eigenvalue weighted by atomic mass is 10.2. The molecule has 2 aliphatic heterocycles. The summed E-state index contributed by atoms with van der Waals surface area (Å²) in [5.41, 5.74) is 0.626. The maximum Gasteiger partial charge on any atom is 0.247 e. The van der Waals surface area contributed by atoms with E-state index in [9.17, 15) is 21.6 Å². The fraction of sp³-hybridized carbons (Fsp3) is 0.458. The van der Waals surface area contributed by atoms with Crippen LogP contribution in [0.4, 0.5) is 11.4 Å². The van der Waals surface area contributed by atoms with Crippen LogP contribution in [0.1, 0.15) is 32.6 Å². The highest BCUT2D eigenvalue weighted by Gasteiger charge is 2.31. The van der Waals surface area contributed by atoms with Crippen molar-refractivity contribution in [2.24, 2.45) is 0 Å². The van der Waals surface area contributed by atoms with E-state index < -0.39 is 32.0 Å². The minimum Gasteiger partial charge on any atom is -0.486 e. The molecular formula is C24H31N3O7S2. The number of anilines is 2. The van der Waals surface area contributed by atoms with Crippen LogP contribution in [0.2, 0.25) is 0 Å². The maximum absolute atomic E-state index is 13.0. The van der Waals surface area contributed by atoms with Gasteiger partial charge in [-0.3, -0.25) is 9.10 Å². The van der Waals surface area contributed by atoms with Gasteiger partial charge in [-0.05, 0) is 56.2 Å². The van der Waals surface area contributed by atoms with Gasteiger partial charge in [0.05, 0.1) is 16.8 Å². The second-order valence-corrected chi connectivity index (χ2v) is 12.7. The van der Waals surface area contributed by atoms with Crippen LogP contribution in [0.5, 0.6) is 11.5 Å². The molecule has 0 spiro atoms. The first-order chi connectivity index (χ1) is 17.1. The third-order valence-electron chi connectivity index (χ3n) is 6.19. The molecule has 2 aliphatic rings. The Morgan fingerprint density at radius 3 is 2.14 bits per heavy atom. The van der Waals surface area contributed by atoms with Crippen molar-refractivity contribution >= 4 is 37.3 Å². The molecule has 1 fully saturated rings. The van der Waals surface area contributed by atoms with Crippen molar-refractivity contribution < 1.29 is 31.1 Å². The number of ether oxygens (including phenoxy) is 2. The molecule has 0 bridgehead atoms. The van der Waals surface area contributed by atoms with Gasteiger partial charge in [0.1, 0.15) is 19.3 Å². The van der Waals surface area contributed by atoms with E-state index in [0.717, 1.165) is 36.2 Å². The van der Waals surface area contributed by atoms with E-state index in [2.05, 4.69) is 5.32 Å². The smallest absolute Gasteiger partial charge is 0.247 e. The Kier molecular flexibility index (Phi) is 7.76. The quantitative estimate of drug-likeness (QED) is 0.576. The van der Waals surface area contributed by atoms with Gasteiger partial charge in [0, 0.05) is 24.8 Å². The largest absolute Gasteiger partial charge is 0.486 e. The molecule has 0 radical (unpaired) electrons. The summed E-state index contributed by atoms with van der Waals surface area (Å²) in [4.78, 5) is 13.2. The lowest BCUT2D eigenvalue weighted by Crippen LogP contribution is -2.45. The summed E-state index contributed by atoms with van der Waals surface area (Å²) >= 11 is 0. The zero-order chi connectivity index (χ0) is 25.9. The molecular weight excluding hydrogens is 506 g/mol. The molecule has 1 atom stereocenters. The fourth-order valence-corrected chi connectivity index (χ4v) is 7.05. The molecule has 1 amide bonds. The average molecular weight is 538 g/mol. The van der Waals surface area contributed by atoms with Crippen LogP contribution >= 0.6 is 0 Å². The molecule has 1 saturated heterocycles. The summed E-state index contributed by atoms with van der Waals surface area (Å²) in [7, 11) is -7.44. The number of hydrogen-bond acceptors (Lipinski definition) is 7. The number of benzene rings is 2. The van der Waals surface area contributed by atoms with Crippen molar-refractivity contribution in [3.63, 3.8) is 0 Å². The summed E-state index contributed by atoms with van der Waals surface area (Å²) in [6.45, 7) is 3.22. The standard InChI is InChI=1S/C24H31N3O7S2/c1-18(27(35(2,29)30)20-9-12-22-23(17-20)34-16-15-33-22)24(28)25-19-7-10-21(11-8-19)36(31,32)26-13-5-3-4-6-14-26/h7-12,17-18H,3-6,13-16H2,1-2H3,(H,25,28)/t18-/m1/s1. The first kappa shape index (κ1) is 26.2. The molecule has 1 N–H and O–H groups in total. The minimum atomic E-state index is -3.83. The van der Waals surface area contributed by atoms with Gasteiger partial charge in [0.2, 0.25) is 26.0 Å². The lowest BCUT2D eigenvalue weighted by molar-refractivity contribution is -0.116. The van der Waals surface area contributed by atoms with E-state index >= 15 is 0 Å². The molecule has 12 heteroatoms. The van der Waals surface area contributed by atoms with Crippen molar-refractivity contribution in [2.45, 2.75) is 43.5 Å². The second kappa shape index (κ2) is 10.7. The molecule has 0 unspecified atom stereocenters. The number of carbonyl (C=O) groups is 1. The number of hydrogen-bond donors (Lipinski definition) is 1. The third kappa shape index (κ3) is 5.76. The third-order valence-corrected chi connectivity index (χ3v) is 9.35. The summed E-state index contributed by atoms with van der Waals surface area (Å²) in [5.74, 6) is 0.338. The molecule has 36 heavy (non-hydrogen) atoms. The second-order valence-electron chi connectivity index (χ2n) is 8.89. The molecule has 4 rings (SSSR count). The van der Waals surface area contributed by atoms with E-state index in [0.29, 0.717) is 43.5 Å². The highest BCUT2D eigenvalue weighted by molar-refractivity contribution is 7.92. The molecule has 2 aromatic rings. The monoisotopic (exact) mass is 537 g/mol. The number of nitrogens with zero attached hydrogens (tertiary/aromatic N) is 2. The van der Waals surface area contributed by atoms with Crippen molar-refractivity contribution in [3.05, 3.63) is 42.5 Å². The van der Waals surface area contributed by atoms with E-state index in [4.69, 9.17) is 9.47 Å². The van der Waals surface area contributed by atoms with Crippen molar-refractivity contribution in [1.82, 2.24) is 4.31 Å². The number of sulfonamides is 2. The van der Waals surface area contributed by atoms with Gasteiger partial charge < -0.3 is 14.8 Å². The normalized spacial score (nSPS) is 17.6. The van der Waals surface area contributed by atoms with Crippen LogP contribution in [0, 0.1) is 0 Å². The maximum atomic E-state index is 13.0. The topological polar surface area (TPSA) is 122 Å². The molecule has 2 aromatic carbocycles. The van der Waals surface area contributed by atoms with Crippen LogP contribution < -0.4 is 19.1 Å². The van der Waals surface area contributed by atoms with Gasteiger partial charge in [-0.15, -0.1) is 0 Å². The molecule has 10 nitrogen and oxygen atoms in total. The SMILES string of the molecule is C[C@H](C(=O)Nc1ccc(S(=O)(=O)N2CCCCCC2)cc1)N(c1ccc2c(c1)OCCO2)S(C)(=O)=O. The zero-order valence-corrected chi connectivity index (χ0v) is 22.0. The predicted molar refractivity (Wildman–Crippen MR) is 137 cm³/mol. The summed E-state index contributed by atoms with van der Waals surface area (Å²) < 4.78 is 64.8. The molecule has 2 heterocycles.